The fourth-order valence-corrected chi connectivity index (χ4v) is 2.18. The van der Waals surface area contributed by atoms with Crippen molar-refractivity contribution in [2.75, 3.05) is 13.7 Å². The second-order valence-corrected chi connectivity index (χ2v) is 3.93. The summed E-state index contributed by atoms with van der Waals surface area (Å²) in [6.07, 6.45) is 5.54. The maximum Gasteiger partial charge on any atom is 0.128 e. The van der Waals surface area contributed by atoms with Crippen LogP contribution in [-0.2, 0) is 9.53 Å². The van der Waals surface area contributed by atoms with E-state index in [-0.39, 0.29) is 5.41 Å². The number of ether oxygens (including phenoxy) is 1. The molecule has 70 valence electrons. The zero-order valence-electron chi connectivity index (χ0n) is 8.01. The molecule has 1 rings (SSSR count). The van der Waals surface area contributed by atoms with E-state index in [4.69, 9.17) is 4.74 Å². The molecule has 0 aromatic rings. The highest BCUT2D eigenvalue weighted by Crippen LogP contribution is 2.41. The first-order chi connectivity index (χ1) is 5.76. The van der Waals surface area contributed by atoms with Gasteiger partial charge in [-0.2, -0.15) is 0 Å². The molecule has 1 saturated carbocycles. The van der Waals surface area contributed by atoms with Crippen molar-refractivity contribution in [1.82, 2.24) is 0 Å². The molecule has 2 heteroatoms. The van der Waals surface area contributed by atoms with E-state index in [1.165, 1.54) is 12.8 Å². The summed E-state index contributed by atoms with van der Waals surface area (Å²) >= 11 is 0. The molecule has 0 N–H and O–H groups in total. The van der Waals surface area contributed by atoms with Crippen molar-refractivity contribution in [2.45, 2.75) is 32.6 Å². The molecule has 2 nitrogen and oxygen atoms in total. The predicted molar refractivity (Wildman–Crippen MR) is 48.0 cm³/mol. The number of rotatable bonds is 4. The summed E-state index contributed by atoms with van der Waals surface area (Å²) in [5, 5.41) is 0. The van der Waals surface area contributed by atoms with Gasteiger partial charge in [0.25, 0.3) is 0 Å². The molecule has 1 fully saturated rings. The molecule has 1 aliphatic rings. The molecule has 2 atom stereocenters. The minimum absolute atomic E-state index is 0.143. The molecule has 0 aromatic carbocycles. The van der Waals surface area contributed by atoms with Gasteiger partial charge in [-0.25, -0.2) is 0 Å². The van der Waals surface area contributed by atoms with Crippen LogP contribution in [0.4, 0.5) is 0 Å². The van der Waals surface area contributed by atoms with Crippen LogP contribution >= 0.6 is 0 Å². The minimum Gasteiger partial charge on any atom is -0.384 e. The molecule has 0 aromatic heterocycles. The number of aldehydes is 1. The Morgan fingerprint density at radius 2 is 2.42 bits per heavy atom. The van der Waals surface area contributed by atoms with Crippen LogP contribution in [0.2, 0.25) is 0 Å². The molecule has 0 saturated heterocycles. The normalized spacial score (nSPS) is 35.3. The van der Waals surface area contributed by atoms with E-state index >= 15 is 0 Å². The lowest BCUT2D eigenvalue weighted by Crippen LogP contribution is -2.24. The highest BCUT2D eigenvalue weighted by Gasteiger charge is 2.38. The van der Waals surface area contributed by atoms with Gasteiger partial charge in [0, 0.05) is 12.5 Å². The van der Waals surface area contributed by atoms with Crippen LogP contribution in [0.5, 0.6) is 0 Å². The van der Waals surface area contributed by atoms with Crippen LogP contribution in [0.3, 0.4) is 0 Å². The van der Waals surface area contributed by atoms with E-state index in [9.17, 15) is 4.79 Å². The Balaban J connectivity index is 2.52. The molecule has 2 unspecified atom stereocenters. The standard InChI is InChI=1S/C10H18O2/c1-3-9-4-5-10(6-9,7-11)8-12-2/h7,9H,3-6,8H2,1-2H3. The van der Waals surface area contributed by atoms with Gasteiger partial charge in [0.15, 0.2) is 0 Å². The molecule has 0 spiro atoms. The lowest BCUT2D eigenvalue weighted by molar-refractivity contribution is -0.118. The maximum atomic E-state index is 10.9. The molecule has 0 amide bonds. The summed E-state index contributed by atoms with van der Waals surface area (Å²) in [5.41, 5.74) is -0.143. The van der Waals surface area contributed by atoms with E-state index in [1.807, 2.05) is 0 Å². The summed E-state index contributed by atoms with van der Waals surface area (Å²) in [4.78, 5) is 10.9. The molecule has 0 aliphatic heterocycles. The SMILES string of the molecule is CCC1CCC(C=O)(COC)C1. The lowest BCUT2D eigenvalue weighted by atomic mass is 9.87. The molecule has 0 radical (unpaired) electrons. The first-order valence-electron chi connectivity index (χ1n) is 4.71. The quantitative estimate of drug-likeness (QED) is 0.603. The van der Waals surface area contributed by atoms with Crippen LogP contribution < -0.4 is 0 Å². The van der Waals surface area contributed by atoms with Gasteiger partial charge in [0.2, 0.25) is 0 Å². The van der Waals surface area contributed by atoms with Crippen LogP contribution in [0, 0.1) is 11.3 Å². The van der Waals surface area contributed by atoms with E-state index in [2.05, 4.69) is 6.92 Å². The van der Waals surface area contributed by atoms with Crippen LogP contribution in [0.1, 0.15) is 32.6 Å². The zero-order chi connectivity index (χ0) is 9.03. The topological polar surface area (TPSA) is 26.3 Å². The van der Waals surface area contributed by atoms with Crippen molar-refractivity contribution in [3.8, 4) is 0 Å². The second-order valence-electron chi connectivity index (χ2n) is 3.93. The van der Waals surface area contributed by atoms with Crippen molar-refractivity contribution in [3.05, 3.63) is 0 Å². The Hall–Kier alpha value is -0.370. The van der Waals surface area contributed by atoms with Gasteiger partial charge in [-0.05, 0) is 25.2 Å². The average molecular weight is 170 g/mol. The second kappa shape index (κ2) is 4.04. The van der Waals surface area contributed by atoms with Gasteiger partial charge in [0.1, 0.15) is 6.29 Å². The third kappa shape index (κ3) is 1.86. The number of methoxy groups -OCH3 is 1. The summed E-state index contributed by atoms with van der Waals surface area (Å²) in [7, 11) is 1.67. The van der Waals surface area contributed by atoms with Gasteiger partial charge >= 0.3 is 0 Å². The van der Waals surface area contributed by atoms with Crippen molar-refractivity contribution in [3.63, 3.8) is 0 Å². The average Bonchev–Trinajstić information content (AvgIpc) is 2.50. The highest BCUT2D eigenvalue weighted by molar-refractivity contribution is 5.60. The summed E-state index contributed by atoms with van der Waals surface area (Å²) in [5.74, 6) is 0.741. The Morgan fingerprint density at radius 1 is 1.67 bits per heavy atom. The van der Waals surface area contributed by atoms with Crippen LogP contribution in [0.15, 0.2) is 0 Å². The molecule has 0 heterocycles. The van der Waals surface area contributed by atoms with E-state index in [1.54, 1.807) is 7.11 Å². The van der Waals surface area contributed by atoms with E-state index in [0.717, 1.165) is 25.0 Å². The maximum absolute atomic E-state index is 10.9. The number of carbonyl (C=O) groups excluding carboxylic acids is 1. The molecule has 12 heavy (non-hydrogen) atoms. The first-order valence-corrected chi connectivity index (χ1v) is 4.71. The summed E-state index contributed by atoms with van der Waals surface area (Å²) in [6, 6.07) is 0. The Morgan fingerprint density at radius 3 is 2.83 bits per heavy atom. The van der Waals surface area contributed by atoms with Crippen LogP contribution in [0.25, 0.3) is 0 Å². The number of hydrogen-bond donors (Lipinski definition) is 0. The van der Waals surface area contributed by atoms with Crippen molar-refractivity contribution >= 4 is 6.29 Å². The monoisotopic (exact) mass is 170 g/mol. The summed E-state index contributed by atoms with van der Waals surface area (Å²) in [6.45, 7) is 2.80. The highest BCUT2D eigenvalue weighted by atomic mass is 16.5. The Bertz CT molecular complexity index is 156. The predicted octanol–water partition coefficient (Wildman–Crippen LogP) is 2.03. The van der Waals surface area contributed by atoms with Gasteiger partial charge < -0.3 is 9.53 Å². The van der Waals surface area contributed by atoms with Crippen molar-refractivity contribution < 1.29 is 9.53 Å². The first kappa shape index (κ1) is 9.72. The summed E-state index contributed by atoms with van der Waals surface area (Å²) < 4.78 is 5.08. The zero-order valence-corrected chi connectivity index (χ0v) is 8.01. The van der Waals surface area contributed by atoms with Crippen molar-refractivity contribution in [2.24, 2.45) is 11.3 Å². The molecule has 1 aliphatic carbocycles. The van der Waals surface area contributed by atoms with Crippen LogP contribution in [-0.4, -0.2) is 20.0 Å². The van der Waals surface area contributed by atoms with E-state index in [0.29, 0.717) is 6.61 Å². The fraction of sp³-hybridized carbons (Fsp3) is 0.900. The van der Waals surface area contributed by atoms with Gasteiger partial charge in [-0.1, -0.05) is 13.3 Å². The van der Waals surface area contributed by atoms with Gasteiger partial charge in [-0.15, -0.1) is 0 Å². The fourth-order valence-electron chi connectivity index (χ4n) is 2.18. The van der Waals surface area contributed by atoms with E-state index < -0.39 is 0 Å². The smallest absolute Gasteiger partial charge is 0.128 e. The number of carbonyl (C=O) groups is 1. The molecular weight excluding hydrogens is 152 g/mol. The Labute approximate surface area is 74.3 Å². The largest absolute Gasteiger partial charge is 0.384 e. The van der Waals surface area contributed by atoms with Crippen molar-refractivity contribution in [1.29, 1.82) is 0 Å². The third-order valence-corrected chi connectivity index (χ3v) is 3.00. The third-order valence-electron chi connectivity index (χ3n) is 3.00. The molecular formula is C10H18O2. The minimum atomic E-state index is -0.143. The van der Waals surface area contributed by atoms with Gasteiger partial charge in [-0.3, -0.25) is 0 Å². The van der Waals surface area contributed by atoms with Gasteiger partial charge in [0.05, 0.1) is 6.61 Å². The Kier molecular flexibility index (Phi) is 3.27. The molecule has 0 bridgehead atoms. The lowest BCUT2D eigenvalue weighted by Gasteiger charge is -2.20. The number of hydrogen-bond acceptors (Lipinski definition) is 2.